The van der Waals surface area contributed by atoms with Gasteiger partial charge in [0.2, 0.25) is 0 Å². The van der Waals surface area contributed by atoms with Crippen LogP contribution in [-0.4, -0.2) is 15.6 Å². The maximum absolute atomic E-state index is 12.9. The Balaban J connectivity index is 1.35. The van der Waals surface area contributed by atoms with Gasteiger partial charge in [0.05, 0.1) is 0 Å². The van der Waals surface area contributed by atoms with E-state index in [1.54, 1.807) is 0 Å². The van der Waals surface area contributed by atoms with Gasteiger partial charge in [-0.2, -0.15) is 9.13 Å². The van der Waals surface area contributed by atoms with Gasteiger partial charge >= 0.3 is 11.8 Å². The number of imidazole rings is 1. The zero-order chi connectivity index (χ0) is 26.5. The largest absolute Gasteiger partial charge is 0.472 e. The van der Waals surface area contributed by atoms with Crippen molar-refractivity contribution in [1.82, 2.24) is 4.57 Å². The molecule has 0 unspecified atom stereocenters. The molecule has 0 spiro atoms. The van der Waals surface area contributed by atoms with Crippen LogP contribution < -0.4 is 4.57 Å². The molecular weight excluding hydrogens is 492 g/mol. The highest BCUT2D eigenvalue weighted by Crippen LogP contribution is 2.38. The van der Waals surface area contributed by atoms with Gasteiger partial charge in [-0.1, -0.05) is 84.9 Å². The Morgan fingerprint density at radius 3 is 1.62 bits per heavy atom. The fourth-order valence-corrected chi connectivity index (χ4v) is 6.85. The van der Waals surface area contributed by atoms with Crippen molar-refractivity contribution in [2.24, 2.45) is 0 Å². The second-order valence-electron chi connectivity index (χ2n) is 10.5. The van der Waals surface area contributed by atoms with E-state index in [0.717, 1.165) is 43.7 Å². The minimum Gasteiger partial charge on any atom is -0.472 e. The van der Waals surface area contributed by atoms with Gasteiger partial charge in [-0.05, 0) is 67.4 Å². The first-order valence-corrected chi connectivity index (χ1v) is 13.4. The topological polar surface area (TPSA) is 46.1 Å². The predicted octanol–water partition coefficient (Wildman–Crippen LogP) is 8.25. The number of carbonyl (C=O) groups is 1. The summed E-state index contributed by atoms with van der Waals surface area (Å²) in [6.45, 7) is 0. The molecule has 0 saturated heterocycles. The summed E-state index contributed by atoms with van der Waals surface area (Å²) in [7, 11) is 0. The molecule has 0 fully saturated rings. The van der Waals surface area contributed by atoms with Crippen molar-refractivity contribution >= 4 is 70.6 Å². The maximum atomic E-state index is 12.9. The van der Waals surface area contributed by atoms with E-state index in [1.165, 1.54) is 32.3 Å². The molecule has 0 bridgehead atoms. The van der Waals surface area contributed by atoms with E-state index in [0.29, 0.717) is 0 Å². The van der Waals surface area contributed by atoms with E-state index in [9.17, 15) is 9.90 Å². The summed E-state index contributed by atoms with van der Waals surface area (Å²) in [6, 6.07) is 38.0. The van der Waals surface area contributed by atoms with Crippen molar-refractivity contribution in [3.05, 3.63) is 127 Å². The monoisotopic (exact) mass is 513 g/mol. The second-order valence-corrected chi connectivity index (χ2v) is 10.5. The van der Waals surface area contributed by atoms with Crippen LogP contribution in [0.2, 0.25) is 0 Å². The lowest BCUT2D eigenvalue weighted by Gasteiger charge is -2.13. The van der Waals surface area contributed by atoms with Gasteiger partial charge in [0.15, 0.2) is 0 Å². The van der Waals surface area contributed by atoms with E-state index in [2.05, 4.69) is 97.1 Å². The number of benzene rings is 8. The normalized spacial score (nSPS) is 12.2. The molecule has 8 aromatic carbocycles. The second kappa shape index (κ2) is 7.55. The number of aromatic carboxylic acids is 1. The van der Waals surface area contributed by atoms with Crippen molar-refractivity contribution in [3.8, 4) is 11.4 Å². The molecule has 0 saturated carbocycles. The van der Waals surface area contributed by atoms with Crippen molar-refractivity contribution in [1.29, 1.82) is 0 Å². The van der Waals surface area contributed by atoms with Crippen LogP contribution in [-0.2, 0) is 0 Å². The summed E-state index contributed by atoms with van der Waals surface area (Å²) < 4.78 is 3.62. The smallest absolute Gasteiger partial charge is 0.420 e. The van der Waals surface area contributed by atoms with Gasteiger partial charge in [0.25, 0.3) is 0 Å². The summed E-state index contributed by atoms with van der Waals surface area (Å²) >= 11 is 0. The number of carboxylic acid groups (broad SMARTS) is 1. The van der Waals surface area contributed by atoms with Gasteiger partial charge in [-0.15, -0.1) is 0 Å². The lowest BCUT2D eigenvalue weighted by molar-refractivity contribution is -0.596. The van der Waals surface area contributed by atoms with Crippen molar-refractivity contribution < 1.29 is 14.5 Å². The van der Waals surface area contributed by atoms with Crippen LogP contribution in [0.4, 0.5) is 0 Å². The highest BCUT2D eigenvalue weighted by molar-refractivity contribution is 6.25. The molecule has 186 valence electrons. The third-order valence-corrected chi connectivity index (χ3v) is 8.54. The zero-order valence-corrected chi connectivity index (χ0v) is 21.3. The van der Waals surface area contributed by atoms with Crippen LogP contribution in [0.3, 0.4) is 0 Å². The first-order valence-electron chi connectivity index (χ1n) is 13.4. The molecule has 4 heteroatoms. The summed E-state index contributed by atoms with van der Waals surface area (Å²) in [5.74, 6) is -0.800. The molecular formula is C36H21N2O2+. The van der Waals surface area contributed by atoms with Crippen LogP contribution in [0, 0.1) is 0 Å². The Labute approximate surface area is 228 Å². The molecule has 1 heterocycles. The van der Waals surface area contributed by atoms with Crippen molar-refractivity contribution in [3.63, 3.8) is 0 Å². The number of hydrogen-bond donors (Lipinski definition) is 1. The number of nitrogens with zero attached hydrogens (tertiary/aromatic N) is 2. The van der Waals surface area contributed by atoms with Crippen molar-refractivity contribution in [2.75, 3.05) is 0 Å². The SMILES string of the molecule is O=C(O)c1n(-c2ccc3ccc4cccc5ccc2c3c45)cc[n+]1-c1ccc2ccc3cccc4ccc1c2c34. The average molecular weight is 514 g/mol. The Morgan fingerprint density at radius 1 is 0.550 bits per heavy atom. The molecule has 0 radical (unpaired) electrons. The third-order valence-electron chi connectivity index (χ3n) is 8.54. The van der Waals surface area contributed by atoms with Crippen LogP contribution in [0.25, 0.3) is 76.0 Å². The van der Waals surface area contributed by atoms with Crippen LogP contribution >= 0.6 is 0 Å². The van der Waals surface area contributed by atoms with E-state index >= 15 is 0 Å². The summed E-state index contributed by atoms with van der Waals surface area (Å²) in [6.07, 6.45) is 3.74. The lowest BCUT2D eigenvalue weighted by atomic mass is 9.93. The molecule has 0 aliphatic carbocycles. The summed E-state index contributed by atoms with van der Waals surface area (Å²) in [4.78, 5) is 12.9. The molecule has 0 aliphatic heterocycles. The van der Waals surface area contributed by atoms with Gasteiger partial charge in [-0.3, -0.25) is 0 Å². The molecule has 0 aliphatic rings. The minimum atomic E-state index is -0.985. The van der Waals surface area contributed by atoms with Crippen LogP contribution in [0.1, 0.15) is 10.6 Å². The summed E-state index contributed by atoms with van der Waals surface area (Å²) in [5.41, 5.74) is 1.69. The number of rotatable bonds is 3. The van der Waals surface area contributed by atoms with Crippen LogP contribution in [0.15, 0.2) is 122 Å². The highest BCUT2D eigenvalue weighted by atomic mass is 16.4. The molecule has 0 atom stereocenters. The molecule has 0 amide bonds. The Morgan fingerprint density at radius 2 is 1.02 bits per heavy atom. The van der Waals surface area contributed by atoms with Gasteiger partial charge < -0.3 is 5.11 Å². The van der Waals surface area contributed by atoms with Crippen LogP contribution in [0.5, 0.6) is 0 Å². The molecule has 9 rings (SSSR count). The lowest BCUT2D eigenvalue weighted by Crippen LogP contribution is -2.37. The third kappa shape index (κ3) is 2.69. The highest BCUT2D eigenvalue weighted by Gasteiger charge is 2.30. The quantitative estimate of drug-likeness (QED) is 0.191. The number of aromatic nitrogens is 2. The first-order chi connectivity index (χ1) is 19.7. The fraction of sp³-hybridized carbons (Fsp3) is 0. The molecule has 9 aromatic rings. The Bertz CT molecular complexity index is 2270. The molecule has 40 heavy (non-hydrogen) atoms. The van der Waals surface area contributed by atoms with Gasteiger partial charge in [0, 0.05) is 21.5 Å². The number of carboxylic acids is 1. The predicted molar refractivity (Wildman–Crippen MR) is 162 cm³/mol. The maximum Gasteiger partial charge on any atom is 0.420 e. The zero-order valence-electron chi connectivity index (χ0n) is 21.3. The van der Waals surface area contributed by atoms with E-state index in [1.807, 2.05) is 33.7 Å². The van der Waals surface area contributed by atoms with Crippen molar-refractivity contribution in [2.45, 2.75) is 0 Å². The Kier molecular flexibility index (Phi) is 4.05. The minimum absolute atomic E-state index is 0.185. The van der Waals surface area contributed by atoms with E-state index < -0.39 is 5.97 Å². The van der Waals surface area contributed by atoms with Gasteiger partial charge in [0.1, 0.15) is 23.8 Å². The first kappa shape index (κ1) is 21.5. The number of hydrogen-bond acceptors (Lipinski definition) is 1. The van der Waals surface area contributed by atoms with E-state index in [4.69, 9.17) is 0 Å². The molecule has 1 N–H and O–H groups in total. The standard InChI is InChI=1S/C36H20N2O2/c39-36(40)35-37(29-17-13-25-9-7-21-3-1-5-23-11-15-27(29)33(25)31(21)23)19-20-38(35)30-18-14-26-10-8-22-4-2-6-24-12-16-28(30)34(26)32(22)24/h1-20H/p+1. The van der Waals surface area contributed by atoms with E-state index in [-0.39, 0.29) is 5.82 Å². The summed E-state index contributed by atoms with van der Waals surface area (Å²) in [5, 5.41) is 24.4. The Hall–Kier alpha value is -5.48. The molecule has 1 aromatic heterocycles. The van der Waals surface area contributed by atoms with Gasteiger partial charge in [-0.25, -0.2) is 4.79 Å². The molecule has 4 nitrogen and oxygen atoms in total. The average Bonchev–Trinajstić information content (AvgIpc) is 3.44. The fourth-order valence-electron chi connectivity index (χ4n) is 6.85.